The second-order valence-electron chi connectivity index (χ2n) is 5.04. The molecule has 1 aromatic carbocycles. The van der Waals surface area contributed by atoms with Crippen molar-refractivity contribution in [2.24, 2.45) is 5.92 Å². The molecular weight excluding hydrogens is 361 g/mol. The second kappa shape index (κ2) is 6.44. The molecule has 0 spiro atoms. The van der Waals surface area contributed by atoms with Crippen LogP contribution in [-0.2, 0) is 13.0 Å². The average Bonchev–Trinajstić information content (AvgIpc) is 2.77. The van der Waals surface area contributed by atoms with Gasteiger partial charge in [0, 0.05) is 34.0 Å². The molecule has 0 saturated heterocycles. The van der Waals surface area contributed by atoms with E-state index in [9.17, 15) is 0 Å². The summed E-state index contributed by atoms with van der Waals surface area (Å²) in [4.78, 5) is 0. The quantitative estimate of drug-likeness (QED) is 0.620. The maximum Gasteiger partial charge on any atom is 0.127 e. The maximum absolute atomic E-state index is 6.16. The molecule has 0 saturated carbocycles. The fourth-order valence-electron chi connectivity index (χ4n) is 2.19. The Hall–Kier alpha value is -0.000000000000000167. The Kier molecular flexibility index (Phi) is 5.15. The number of rotatable bonds is 5. The number of hydrogen-bond acceptors (Lipinski definition) is 2. The summed E-state index contributed by atoms with van der Waals surface area (Å²) in [5.41, 5.74) is 2.43. The molecule has 1 aromatic rings. The van der Waals surface area contributed by atoms with Crippen LogP contribution in [0.2, 0.25) is 5.02 Å². The third-order valence-corrected chi connectivity index (χ3v) is 4.52. The summed E-state index contributed by atoms with van der Waals surface area (Å²) in [6.45, 7) is 6.10. The first-order chi connectivity index (χ1) is 8.61. The molecule has 2 nitrogen and oxygen atoms in total. The Morgan fingerprint density at radius 2 is 2.22 bits per heavy atom. The Balaban J connectivity index is 2.10. The lowest BCUT2D eigenvalue weighted by atomic mass is 10.0. The Bertz CT molecular complexity index is 423. The Labute approximate surface area is 128 Å². The summed E-state index contributed by atoms with van der Waals surface area (Å²) in [6.07, 6.45) is 0.975. The highest BCUT2D eigenvalue weighted by Gasteiger charge is 2.18. The summed E-state index contributed by atoms with van der Waals surface area (Å²) in [7, 11) is 0. The van der Waals surface area contributed by atoms with E-state index in [1.807, 2.05) is 12.1 Å². The number of halogens is 2. The molecule has 0 bridgehead atoms. The minimum atomic E-state index is 0.529. The molecule has 0 aliphatic carbocycles. The van der Waals surface area contributed by atoms with Crippen molar-refractivity contribution in [3.05, 3.63) is 28.3 Å². The molecule has 1 aliphatic heterocycles. The largest absolute Gasteiger partial charge is 0.493 e. The third kappa shape index (κ3) is 3.31. The van der Waals surface area contributed by atoms with Crippen LogP contribution in [0.4, 0.5) is 0 Å². The topological polar surface area (TPSA) is 21.3 Å². The van der Waals surface area contributed by atoms with Crippen molar-refractivity contribution in [2.45, 2.75) is 32.9 Å². The number of alkyl halides is 1. The molecule has 4 heteroatoms. The van der Waals surface area contributed by atoms with Crippen LogP contribution in [0.5, 0.6) is 5.75 Å². The van der Waals surface area contributed by atoms with Crippen LogP contribution in [-0.4, -0.2) is 17.1 Å². The van der Waals surface area contributed by atoms with Gasteiger partial charge in [-0.3, -0.25) is 0 Å². The van der Waals surface area contributed by atoms with Gasteiger partial charge in [-0.1, -0.05) is 48.0 Å². The van der Waals surface area contributed by atoms with Crippen molar-refractivity contribution in [1.82, 2.24) is 5.32 Å². The second-order valence-corrected chi connectivity index (χ2v) is 6.35. The zero-order valence-electron chi connectivity index (χ0n) is 10.8. The van der Waals surface area contributed by atoms with Gasteiger partial charge in [0.1, 0.15) is 5.75 Å². The first-order valence-electron chi connectivity index (χ1n) is 6.35. The molecule has 0 amide bonds. The van der Waals surface area contributed by atoms with Gasteiger partial charge in [0.15, 0.2) is 0 Å². The van der Waals surface area contributed by atoms with E-state index in [0.29, 0.717) is 12.0 Å². The predicted molar refractivity (Wildman–Crippen MR) is 85.0 cm³/mol. The average molecular weight is 380 g/mol. The highest BCUT2D eigenvalue weighted by Crippen LogP contribution is 2.32. The summed E-state index contributed by atoms with van der Waals surface area (Å²) in [5.74, 6) is 1.68. The molecule has 0 aromatic heterocycles. The first kappa shape index (κ1) is 14.4. The van der Waals surface area contributed by atoms with Gasteiger partial charge < -0.3 is 10.1 Å². The third-order valence-electron chi connectivity index (χ3n) is 3.35. The van der Waals surface area contributed by atoms with E-state index in [2.05, 4.69) is 41.8 Å². The Morgan fingerprint density at radius 3 is 2.89 bits per heavy atom. The lowest BCUT2D eigenvalue weighted by molar-refractivity contribution is 0.350. The molecule has 2 rings (SSSR count). The molecule has 100 valence electrons. The van der Waals surface area contributed by atoms with Crippen LogP contribution in [0, 0.1) is 5.92 Å². The minimum Gasteiger partial charge on any atom is -0.493 e. The van der Waals surface area contributed by atoms with Gasteiger partial charge in [-0.15, -0.1) is 0 Å². The van der Waals surface area contributed by atoms with Crippen LogP contribution in [0.15, 0.2) is 12.1 Å². The molecular formula is C14H19ClINO. The van der Waals surface area contributed by atoms with E-state index in [1.165, 1.54) is 11.1 Å². The van der Waals surface area contributed by atoms with E-state index >= 15 is 0 Å². The van der Waals surface area contributed by atoms with Gasteiger partial charge in [-0.2, -0.15) is 0 Å². The van der Waals surface area contributed by atoms with Gasteiger partial charge in [-0.25, -0.2) is 0 Å². The zero-order valence-corrected chi connectivity index (χ0v) is 13.7. The normalized spacial score (nSPS) is 15.6. The van der Waals surface area contributed by atoms with Crippen molar-refractivity contribution in [1.29, 1.82) is 0 Å². The molecule has 1 aliphatic rings. The first-order valence-corrected chi connectivity index (χ1v) is 8.25. The molecule has 0 fully saturated rings. The van der Waals surface area contributed by atoms with Crippen LogP contribution >= 0.6 is 34.2 Å². The maximum atomic E-state index is 6.16. The molecule has 1 heterocycles. The van der Waals surface area contributed by atoms with Gasteiger partial charge in [-0.05, 0) is 23.6 Å². The molecule has 1 unspecified atom stereocenters. The predicted octanol–water partition coefficient (Wildman–Crippen LogP) is 3.82. The molecule has 1 N–H and O–H groups in total. The van der Waals surface area contributed by atoms with Crippen LogP contribution in [0.3, 0.4) is 0 Å². The smallest absolute Gasteiger partial charge is 0.127 e. The molecule has 18 heavy (non-hydrogen) atoms. The number of nitrogens with one attached hydrogen (secondary N) is 1. The summed E-state index contributed by atoms with van der Waals surface area (Å²) in [6, 6.07) is 4.57. The highest BCUT2D eigenvalue weighted by molar-refractivity contribution is 14.1. The van der Waals surface area contributed by atoms with Crippen LogP contribution in [0.25, 0.3) is 0 Å². The summed E-state index contributed by atoms with van der Waals surface area (Å²) >= 11 is 8.59. The monoisotopic (exact) mass is 379 g/mol. The van der Waals surface area contributed by atoms with Crippen molar-refractivity contribution >= 4 is 34.2 Å². The van der Waals surface area contributed by atoms with Gasteiger partial charge in [0.05, 0.1) is 6.61 Å². The van der Waals surface area contributed by atoms with Crippen LogP contribution < -0.4 is 10.1 Å². The zero-order chi connectivity index (χ0) is 13.1. The van der Waals surface area contributed by atoms with E-state index < -0.39 is 0 Å². The summed E-state index contributed by atoms with van der Waals surface area (Å²) < 4.78 is 6.82. The lowest BCUT2D eigenvalue weighted by Gasteiger charge is -2.20. The van der Waals surface area contributed by atoms with Crippen LogP contribution in [0.1, 0.15) is 25.0 Å². The molecule has 0 radical (unpaired) electrons. The van der Waals surface area contributed by atoms with Gasteiger partial charge >= 0.3 is 0 Å². The highest BCUT2D eigenvalue weighted by atomic mass is 127. The van der Waals surface area contributed by atoms with E-state index in [0.717, 1.165) is 34.8 Å². The minimum absolute atomic E-state index is 0.529. The van der Waals surface area contributed by atoms with Crippen molar-refractivity contribution < 1.29 is 4.74 Å². The Morgan fingerprint density at radius 1 is 1.44 bits per heavy atom. The summed E-state index contributed by atoms with van der Waals surface area (Å²) in [5, 5.41) is 4.41. The lowest BCUT2D eigenvalue weighted by Crippen LogP contribution is -2.34. The van der Waals surface area contributed by atoms with Crippen molar-refractivity contribution in [2.75, 3.05) is 11.0 Å². The SMILES string of the molecule is CC(C)C(CI)NCc1cc(Cl)cc2c1OCC2. The number of benzene rings is 1. The molecule has 1 atom stereocenters. The fourth-order valence-corrected chi connectivity index (χ4v) is 3.78. The van der Waals surface area contributed by atoms with E-state index in [-0.39, 0.29) is 0 Å². The number of fused-ring (bicyclic) bond motifs is 1. The fraction of sp³-hybridized carbons (Fsp3) is 0.571. The van der Waals surface area contributed by atoms with E-state index in [4.69, 9.17) is 16.3 Å². The van der Waals surface area contributed by atoms with E-state index in [1.54, 1.807) is 0 Å². The van der Waals surface area contributed by atoms with Gasteiger partial charge in [0.25, 0.3) is 0 Å². The standard InChI is InChI=1S/C14H19ClINO/c1-9(2)13(7-16)17-8-11-6-12(15)5-10-3-4-18-14(10)11/h5-6,9,13,17H,3-4,7-8H2,1-2H3. The van der Waals surface area contributed by atoms with Crippen molar-refractivity contribution in [3.8, 4) is 5.75 Å². The van der Waals surface area contributed by atoms with Crippen molar-refractivity contribution in [3.63, 3.8) is 0 Å². The number of ether oxygens (including phenoxy) is 1. The number of hydrogen-bond donors (Lipinski definition) is 1. The van der Waals surface area contributed by atoms with Gasteiger partial charge in [0.2, 0.25) is 0 Å².